The minimum atomic E-state index is -0.256. The summed E-state index contributed by atoms with van der Waals surface area (Å²) in [6.45, 7) is 12.4. The molecule has 2 atom stereocenters. The van der Waals surface area contributed by atoms with Crippen molar-refractivity contribution < 1.29 is 14.0 Å². The van der Waals surface area contributed by atoms with Gasteiger partial charge >= 0.3 is 7.12 Å². The molecule has 0 bridgehead atoms. The van der Waals surface area contributed by atoms with Crippen molar-refractivity contribution in [2.75, 3.05) is 13.2 Å². The van der Waals surface area contributed by atoms with Crippen molar-refractivity contribution >= 4 is 7.12 Å². The molecule has 3 aliphatic rings. The van der Waals surface area contributed by atoms with E-state index in [1.54, 1.807) is 0 Å². The molecule has 4 heteroatoms. The van der Waals surface area contributed by atoms with Gasteiger partial charge in [0.05, 0.1) is 24.4 Å². The summed E-state index contributed by atoms with van der Waals surface area (Å²) >= 11 is 0. The van der Waals surface area contributed by atoms with Gasteiger partial charge in [-0.1, -0.05) is 29.8 Å². The fraction of sp³-hybridized carbons (Fsp3) is 0.684. The third-order valence-electron chi connectivity index (χ3n) is 6.57. The summed E-state index contributed by atoms with van der Waals surface area (Å²) in [5.41, 5.74) is 2.51. The number of ether oxygens (including phenoxy) is 1. The number of benzene rings is 1. The van der Waals surface area contributed by atoms with Gasteiger partial charge in [0.2, 0.25) is 0 Å². The molecule has 23 heavy (non-hydrogen) atoms. The molecule has 2 heterocycles. The van der Waals surface area contributed by atoms with Gasteiger partial charge in [0.15, 0.2) is 0 Å². The van der Waals surface area contributed by atoms with Gasteiger partial charge in [0.25, 0.3) is 0 Å². The van der Waals surface area contributed by atoms with Crippen LogP contribution in [0.2, 0.25) is 5.82 Å². The molecular formula is C19H27BO3. The van der Waals surface area contributed by atoms with E-state index in [-0.39, 0.29) is 18.3 Å². The lowest BCUT2D eigenvalue weighted by Crippen LogP contribution is -2.59. The van der Waals surface area contributed by atoms with Crippen molar-refractivity contribution in [3.8, 4) is 0 Å². The predicted molar refractivity (Wildman–Crippen MR) is 91.6 cm³/mol. The molecule has 0 amide bonds. The Morgan fingerprint density at radius 2 is 1.52 bits per heavy atom. The molecule has 1 aromatic rings. The summed E-state index contributed by atoms with van der Waals surface area (Å²) in [5.74, 6) is 0.897. The van der Waals surface area contributed by atoms with Gasteiger partial charge in [-0.25, -0.2) is 0 Å². The van der Waals surface area contributed by atoms with Crippen molar-refractivity contribution in [2.24, 2.45) is 5.41 Å². The van der Waals surface area contributed by atoms with Crippen LogP contribution in [0.25, 0.3) is 0 Å². The zero-order valence-corrected chi connectivity index (χ0v) is 14.9. The average Bonchev–Trinajstić information content (AvgIpc) is 2.58. The number of aryl methyl sites for hydroxylation is 1. The van der Waals surface area contributed by atoms with Crippen molar-refractivity contribution in [1.82, 2.24) is 0 Å². The quantitative estimate of drug-likeness (QED) is 0.773. The summed E-state index contributed by atoms with van der Waals surface area (Å²) in [5, 5.41) is 0. The van der Waals surface area contributed by atoms with E-state index in [1.807, 2.05) is 0 Å². The molecule has 1 aliphatic carbocycles. The van der Waals surface area contributed by atoms with E-state index in [1.165, 1.54) is 11.1 Å². The Morgan fingerprint density at radius 3 is 2.00 bits per heavy atom. The Kier molecular flexibility index (Phi) is 3.30. The van der Waals surface area contributed by atoms with Crippen LogP contribution in [0.4, 0.5) is 0 Å². The molecule has 1 spiro atoms. The van der Waals surface area contributed by atoms with Crippen molar-refractivity contribution in [3.63, 3.8) is 0 Å². The lowest BCUT2D eigenvalue weighted by Gasteiger charge is -2.60. The SMILES string of the molecule is Cc1ccc(C2C(B3OC(C)(C)C(C)(C)O3)CC23COC3)cc1. The van der Waals surface area contributed by atoms with Crippen LogP contribution < -0.4 is 0 Å². The predicted octanol–water partition coefficient (Wildman–Crippen LogP) is 3.96. The van der Waals surface area contributed by atoms with Crippen LogP contribution in [0, 0.1) is 12.3 Å². The second kappa shape index (κ2) is 4.84. The van der Waals surface area contributed by atoms with Gasteiger partial charge < -0.3 is 14.0 Å². The topological polar surface area (TPSA) is 27.7 Å². The van der Waals surface area contributed by atoms with Gasteiger partial charge in [0.1, 0.15) is 0 Å². The molecule has 1 aromatic carbocycles. The Balaban J connectivity index is 1.61. The monoisotopic (exact) mass is 314 g/mol. The average molecular weight is 314 g/mol. The Hall–Kier alpha value is -0.835. The van der Waals surface area contributed by atoms with Crippen LogP contribution in [-0.4, -0.2) is 31.5 Å². The van der Waals surface area contributed by atoms with Crippen LogP contribution in [0.1, 0.15) is 51.2 Å². The molecule has 2 saturated heterocycles. The van der Waals surface area contributed by atoms with E-state index < -0.39 is 0 Å². The molecule has 2 unspecified atom stereocenters. The third kappa shape index (κ3) is 2.22. The highest BCUT2D eigenvalue weighted by Gasteiger charge is 2.66. The van der Waals surface area contributed by atoms with Gasteiger partial charge in [-0.05, 0) is 52.5 Å². The van der Waals surface area contributed by atoms with E-state index >= 15 is 0 Å². The number of rotatable bonds is 2. The van der Waals surface area contributed by atoms with Crippen molar-refractivity contribution in [1.29, 1.82) is 0 Å². The molecule has 3 nitrogen and oxygen atoms in total. The van der Waals surface area contributed by atoms with Crippen LogP contribution in [0.3, 0.4) is 0 Å². The molecule has 0 radical (unpaired) electrons. The summed E-state index contributed by atoms with van der Waals surface area (Å²) in [6, 6.07) is 8.97. The second-order valence-corrected chi connectivity index (χ2v) is 8.74. The molecule has 3 fully saturated rings. The lowest BCUT2D eigenvalue weighted by molar-refractivity contribution is -0.174. The largest absolute Gasteiger partial charge is 0.461 e. The first-order valence-electron chi connectivity index (χ1n) is 8.74. The molecular weight excluding hydrogens is 287 g/mol. The van der Waals surface area contributed by atoms with Gasteiger partial charge in [-0.15, -0.1) is 0 Å². The minimum Gasteiger partial charge on any atom is -0.403 e. The van der Waals surface area contributed by atoms with Gasteiger partial charge in [-0.2, -0.15) is 0 Å². The minimum absolute atomic E-state index is 0.113. The summed E-state index contributed by atoms with van der Waals surface area (Å²) in [6.07, 6.45) is 1.14. The van der Waals surface area contributed by atoms with E-state index in [0.717, 1.165) is 19.6 Å². The lowest BCUT2D eigenvalue weighted by atomic mass is 9.41. The molecule has 0 N–H and O–H groups in total. The first kappa shape index (κ1) is 15.7. The Labute approximate surface area is 139 Å². The van der Waals surface area contributed by atoms with Crippen LogP contribution in [0.15, 0.2) is 24.3 Å². The molecule has 2 aliphatic heterocycles. The zero-order chi connectivity index (χ0) is 16.5. The molecule has 1 saturated carbocycles. The Bertz CT molecular complexity index is 588. The zero-order valence-electron chi connectivity index (χ0n) is 14.9. The maximum Gasteiger partial charge on any atom is 0.461 e. The molecule has 0 aromatic heterocycles. The van der Waals surface area contributed by atoms with E-state index in [2.05, 4.69) is 58.9 Å². The maximum atomic E-state index is 6.34. The van der Waals surface area contributed by atoms with Crippen molar-refractivity contribution in [3.05, 3.63) is 35.4 Å². The van der Waals surface area contributed by atoms with Crippen molar-refractivity contribution in [2.45, 2.75) is 64.0 Å². The second-order valence-electron chi connectivity index (χ2n) is 8.74. The van der Waals surface area contributed by atoms with Gasteiger partial charge in [-0.3, -0.25) is 0 Å². The number of hydrogen-bond donors (Lipinski definition) is 0. The first-order valence-corrected chi connectivity index (χ1v) is 8.74. The van der Waals surface area contributed by atoms with E-state index in [0.29, 0.717) is 17.2 Å². The highest BCUT2D eigenvalue weighted by Crippen LogP contribution is 2.66. The molecule has 124 valence electrons. The van der Waals surface area contributed by atoms with Crippen LogP contribution in [0.5, 0.6) is 0 Å². The highest BCUT2D eigenvalue weighted by atomic mass is 16.7. The standard InChI is InChI=1S/C19H27BO3/c1-13-6-8-14(9-7-13)16-15(10-19(16)11-21-12-19)20-22-17(2,3)18(4,5)23-20/h6-9,15-16H,10-12H2,1-5H3. The summed E-state index contributed by atoms with van der Waals surface area (Å²) < 4.78 is 18.3. The molecule has 4 rings (SSSR count). The van der Waals surface area contributed by atoms with E-state index in [9.17, 15) is 0 Å². The Morgan fingerprint density at radius 1 is 0.957 bits per heavy atom. The maximum absolute atomic E-state index is 6.34. The van der Waals surface area contributed by atoms with Crippen LogP contribution in [-0.2, 0) is 14.0 Å². The fourth-order valence-electron chi connectivity index (χ4n) is 4.36. The summed E-state index contributed by atoms with van der Waals surface area (Å²) in [7, 11) is -0.113. The van der Waals surface area contributed by atoms with Gasteiger partial charge in [0, 0.05) is 11.2 Å². The van der Waals surface area contributed by atoms with E-state index in [4.69, 9.17) is 14.0 Å². The smallest absolute Gasteiger partial charge is 0.403 e. The number of hydrogen-bond acceptors (Lipinski definition) is 3. The highest BCUT2D eigenvalue weighted by molar-refractivity contribution is 6.48. The summed E-state index contributed by atoms with van der Waals surface area (Å²) in [4.78, 5) is 0. The normalized spacial score (nSPS) is 33.3. The fourth-order valence-corrected chi connectivity index (χ4v) is 4.36. The third-order valence-corrected chi connectivity index (χ3v) is 6.57. The van der Waals surface area contributed by atoms with Crippen LogP contribution >= 0.6 is 0 Å². The first-order chi connectivity index (χ1) is 10.7.